The lowest BCUT2D eigenvalue weighted by atomic mass is 9.96. The third kappa shape index (κ3) is 1.82. The van der Waals surface area contributed by atoms with Crippen molar-refractivity contribution in [2.45, 2.75) is 5.60 Å². The minimum atomic E-state index is -0.435. The van der Waals surface area contributed by atoms with Crippen LogP contribution in [0.25, 0.3) is 0 Å². The van der Waals surface area contributed by atoms with Crippen LogP contribution < -0.4 is 0 Å². The molecule has 1 aromatic carbocycles. The van der Waals surface area contributed by atoms with Crippen molar-refractivity contribution in [3.8, 4) is 0 Å². The van der Waals surface area contributed by atoms with Crippen LogP contribution in [-0.2, 0) is 10.3 Å². The largest absolute Gasteiger partial charge is 0.358 e. The molecule has 2 aromatic rings. The lowest BCUT2D eigenvalue weighted by molar-refractivity contribution is 0.343. The zero-order chi connectivity index (χ0) is 11.9. The van der Waals surface area contributed by atoms with Crippen molar-refractivity contribution in [2.24, 2.45) is 0 Å². The van der Waals surface area contributed by atoms with E-state index in [1.165, 1.54) is 0 Å². The van der Waals surface area contributed by atoms with Crippen LogP contribution >= 0.6 is 23.2 Å². The van der Waals surface area contributed by atoms with Gasteiger partial charge in [0.1, 0.15) is 0 Å². The summed E-state index contributed by atoms with van der Waals surface area (Å²) in [6.45, 7) is 0.627. The Hall–Kier alpha value is -1.09. The molecule has 1 fully saturated rings. The number of epoxide rings is 1. The summed E-state index contributed by atoms with van der Waals surface area (Å²) in [5.74, 6) is 0. The van der Waals surface area contributed by atoms with Crippen LogP contribution in [0.2, 0.25) is 10.0 Å². The Kier molecular flexibility index (Phi) is 2.58. The maximum absolute atomic E-state index is 6.03. The Morgan fingerprint density at radius 2 is 1.94 bits per heavy atom. The molecule has 1 atom stereocenters. The van der Waals surface area contributed by atoms with E-state index in [0.29, 0.717) is 16.7 Å². The summed E-state index contributed by atoms with van der Waals surface area (Å²) in [5.41, 5.74) is 1.46. The van der Waals surface area contributed by atoms with Crippen LogP contribution in [0.3, 0.4) is 0 Å². The molecule has 1 aromatic heterocycles. The molecule has 0 amide bonds. The molecule has 0 radical (unpaired) electrons. The first-order valence-electron chi connectivity index (χ1n) is 5.23. The molecule has 17 heavy (non-hydrogen) atoms. The predicted molar refractivity (Wildman–Crippen MR) is 67.4 cm³/mol. The van der Waals surface area contributed by atoms with Gasteiger partial charge in [-0.1, -0.05) is 35.3 Å². The maximum Gasteiger partial charge on any atom is 0.158 e. The van der Waals surface area contributed by atoms with Crippen molar-refractivity contribution in [3.63, 3.8) is 0 Å². The highest BCUT2D eigenvalue weighted by molar-refractivity contribution is 6.42. The van der Waals surface area contributed by atoms with E-state index in [2.05, 4.69) is 4.98 Å². The fraction of sp³-hybridized carbons (Fsp3) is 0.154. The van der Waals surface area contributed by atoms with Gasteiger partial charge in [-0.05, 0) is 29.8 Å². The molecule has 1 saturated heterocycles. The molecule has 3 rings (SSSR count). The average Bonchev–Trinajstić information content (AvgIpc) is 3.15. The van der Waals surface area contributed by atoms with Gasteiger partial charge in [0.25, 0.3) is 0 Å². The normalized spacial score (nSPS) is 22.5. The molecule has 4 heteroatoms. The number of halogens is 2. The topological polar surface area (TPSA) is 25.4 Å². The summed E-state index contributed by atoms with van der Waals surface area (Å²) in [5, 5.41) is 1.09. The second-order valence-electron chi connectivity index (χ2n) is 3.96. The fourth-order valence-electron chi connectivity index (χ4n) is 1.88. The molecule has 0 bridgehead atoms. The number of hydrogen-bond donors (Lipinski definition) is 0. The first-order valence-corrected chi connectivity index (χ1v) is 5.99. The molecule has 0 N–H and O–H groups in total. The van der Waals surface area contributed by atoms with E-state index in [0.717, 1.165) is 11.3 Å². The second kappa shape index (κ2) is 3.98. The summed E-state index contributed by atoms with van der Waals surface area (Å²) >= 11 is 11.9. The Bertz CT molecular complexity index is 553. The van der Waals surface area contributed by atoms with Crippen LogP contribution in [0.5, 0.6) is 0 Å². The second-order valence-corrected chi connectivity index (χ2v) is 4.77. The molecule has 2 nitrogen and oxygen atoms in total. The summed E-state index contributed by atoms with van der Waals surface area (Å²) in [6, 6.07) is 11.3. The average molecular weight is 266 g/mol. The highest BCUT2D eigenvalue weighted by Gasteiger charge is 2.49. The van der Waals surface area contributed by atoms with Gasteiger partial charge in [0.05, 0.1) is 22.3 Å². The number of aromatic nitrogens is 1. The van der Waals surface area contributed by atoms with Gasteiger partial charge in [0.15, 0.2) is 5.60 Å². The number of rotatable bonds is 2. The number of nitrogens with zero attached hydrogens (tertiary/aromatic N) is 1. The van der Waals surface area contributed by atoms with E-state index < -0.39 is 5.60 Å². The molecule has 0 aliphatic carbocycles. The molecule has 0 spiro atoms. The summed E-state index contributed by atoms with van der Waals surface area (Å²) < 4.78 is 5.60. The monoisotopic (exact) mass is 265 g/mol. The van der Waals surface area contributed by atoms with E-state index >= 15 is 0 Å². The molecular weight excluding hydrogens is 257 g/mol. The molecule has 2 heterocycles. The van der Waals surface area contributed by atoms with Crippen molar-refractivity contribution >= 4 is 23.2 Å². The van der Waals surface area contributed by atoms with Gasteiger partial charge in [0.2, 0.25) is 0 Å². The van der Waals surface area contributed by atoms with Crippen LogP contribution in [0.1, 0.15) is 11.3 Å². The highest BCUT2D eigenvalue weighted by Crippen LogP contribution is 2.45. The smallest absolute Gasteiger partial charge is 0.158 e. The number of ether oxygens (including phenoxy) is 1. The van der Waals surface area contributed by atoms with Gasteiger partial charge in [-0.15, -0.1) is 0 Å². The summed E-state index contributed by atoms with van der Waals surface area (Å²) in [4.78, 5) is 4.34. The maximum atomic E-state index is 6.03. The lowest BCUT2D eigenvalue weighted by Crippen LogP contribution is -2.12. The predicted octanol–water partition coefficient (Wildman–Crippen LogP) is 3.66. The van der Waals surface area contributed by atoms with E-state index in [4.69, 9.17) is 27.9 Å². The molecule has 1 unspecified atom stereocenters. The van der Waals surface area contributed by atoms with E-state index in [9.17, 15) is 0 Å². The van der Waals surface area contributed by atoms with Crippen molar-refractivity contribution < 1.29 is 4.74 Å². The zero-order valence-corrected chi connectivity index (χ0v) is 10.4. The van der Waals surface area contributed by atoms with Gasteiger partial charge < -0.3 is 4.74 Å². The third-order valence-corrected chi connectivity index (χ3v) is 3.64. The molecule has 86 valence electrons. The Morgan fingerprint density at radius 1 is 1.12 bits per heavy atom. The quantitative estimate of drug-likeness (QED) is 0.775. The van der Waals surface area contributed by atoms with Gasteiger partial charge in [-0.3, -0.25) is 4.98 Å². The Balaban J connectivity index is 2.07. The van der Waals surface area contributed by atoms with Crippen LogP contribution in [-0.4, -0.2) is 11.6 Å². The van der Waals surface area contributed by atoms with Crippen molar-refractivity contribution in [3.05, 3.63) is 63.9 Å². The van der Waals surface area contributed by atoms with Gasteiger partial charge in [0, 0.05) is 6.20 Å². The summed E-state index contributed by atoms with van der Waals surface area (Å²) in [7, 11) is 0. The van der Waals surface area contributed by atoms with Crippen LogP contribution in [0, 0.1) is 0 Å². The van der Waals surface area contributed by atoms with Gasteiger partial charge in [-0.2, -0.15) is 0 Å². The highest BCUT2D eigenvalue weighted by atomic mass is 35.5. The van der Waals surface area contributed by atoms with E-state index in [1.54, 1.807) is 12.3 Å². The molecular formula is C13H9Cl2NO. The van der Waals surface area contributed by atoms with Crippen LogP contribution in [0.15, 0.2) is 42.6 Å². The Morgan fingerprint density at radius 3 is 2.53 bits per heavy atom. The SMILES string of the molecule is Clc1ccc(C2(c3ccccn3)CO2)cc1Cl. The molecule has 1 aliphatic heterocycles. The minimum absolute atomic E-state index is 0.435. The van der Waals surface area contributed by atoms with E-state index in [1.807, 2.05) is 30.3 Å². The fourth-order valence-corrected chi connectivity index (χ4v) is 2.18. The third-order valence-electron chi connectivity index (χ3n) is 2.90. The first-order chi connectivity index (χ1) is 8.22. The minimum Gasteiger partial charge on any atom is -0.358 e. The Labute approximate surface area is 109 Å². The molecule has 0 saturated carbocycles. The number of pyridine rings is 1. The van der Waals surface area contributed by atoms with E-state index in [-0.39, 0.29) is 0 Å². The van der Waals surface area contributed by atoms with Crippen LogP contribution in [0.4, 0.5) is 0 Å². The van der Waals surface area contributed by atoms with Gasteiger partial charge >= 0.3 is 0 Å². The van der Waals surface area contributed by atoms with Gasteiger partial charge in [-0.25, -0.2) is 0 Å². The standard InChI is InChI=1S/C13H9Cl2NO/c14-10-5-4-9(7-11(10)15)13(8-17-13)12-3-1-2-6-16-12/h1-7H,8H2. The number of benzene rings is 1. The zero-order valence-electron chi connectivity index (χ0n) is 8.86. The van der Waals surface area contributed by atoms with Crippen molar-refractivity contribution in [1.82, 2.24) is 4.98 Å². The number of hydrogen-bond acceptors (Lipinski definition) is 2. The summed E-state index contributed by atoms with van der Waals surface area (Å²) in [6.07, 6.45) is 1.76. The van der Waals surface area contributed by atoms with Crippen molar-refractivity contribution in [1.29, 1.82) is 0 Å². The lowest BCUT2D eigenvalue weighted by Gasteiger charge is -2.12. The first kappa shape index (κ1) is 11.0. The molecule has 1 aliphatic rings. The van der Waals surface area contributed by atoms with Crippen molar-refractivity contribution in [2.75, 3.05) is 6.61 Å².